The summed E-state index contributed by atoms with van der Waals surface area (Å²) in [6.07, 6.45) is 3.74. The first-order valence-corrected chi connectivity index (χ1v) is 12.1. The van der Waals surface area contributed by atoms with Crippen LogP contribution in [0.4, 0.5) is 5.69 Å². The second-order valence-electron chi connectivity index (χ2n) is 9.14. The fourth-order valence-corrected chi connectivity index (χ4v) is 4.59. The molecule has 1 atom stereocenters. The Kier molecular flexibility index (Phi) is 6.54. The summed E-state index contributed by atoms with van der Waals surface area (Å²) < 4.78 is 1.50. The van der Waals surface area contributed by atoms with Gasteiger partial charge >= 0.3 is 0 Å². The molecule has 182 valence electrons. The second-order valence-corrected chi connectivity index (χ2v) is 9.14. The molecule has 5 rings (SSSR count). The van der Waals surface area contributed by atoms with Crippen molar-refractivity contribution in [2.45, 2.75) is 18.9 Å². The molecule has 0 radical (unpaired) electrons. The third kappa shape index (κ3) is 4.73. The van der Waals surface area contributed by atoms with E-state index in [1.807, 2.05) is 50.6 Å². The van der Waals surface area contributed by atoms with Gasteiger partial charge in [-0.05, 0) is 41.5 Å². The van der Waals surface area contributed by atoms with Crippen molar-refractivity contribution in [2.75, 3.05) is 25.5 Å². The number of aromatic amines is 1. The van der Waals surface area contributed by atoms with Gasteiger partial charge in [0.05, 0.1) is 17.2 Å². The minimum atomic E-state index is -0.133. The van der Waals surface area contributed by atoms with Crippen molar-refractivity contribution in [1.82, 2.24) is 19.9 Å². The topological polar surface area (TPSA) is 83.0 Å². The van der Waals surface area contributed by atoms with Crippen LogP contribution in [0.1, 0.15) is 23.5 Å². The fourth-order valence-electron chi connectivity index (χ4n) is 4.59. The van der Waals surface area contributed by atoms with Crippen molar-refractivity contribution in [2.24, 2.45) is 0 Å². The fraction of sp³-hybridized carbons (Fsp3) is 0.207. The van der Waals surface area contributed by atoms with Gasteiger partial charge in [-0.25, -0.2) is 4.98 Å². The van der Waals surface area contributed by atoms with Crippen molar-refractivity contribution < 1.29 is 4.79 Å². The molecular formula is C29H29N5O2. The van der Waals surface area contributed by atoms with Crippen LogP contribution in [-0.4, -0.2) is 41.1 Å². The maximum absolute atomic E-state index is 12.8. The van der Waals surface area contributed by atoms with Crippen molar-refractivity contribution >= 4 is 33.4 Å². The van der Waals surface area contributed by atoms with Gasteiger partial charge in [-0.3, -0.25) is 14.2 Å². The van der Waals surface area contributed by atoms with Gasteiger partial charge in [0.2, 0.25) is 5.91 Å². The van der Waals surface area contributed by atoms with Crippen molar-refractivity contribution in [3.8, 4) is 0 Å². The minimum absolute atomic E-state index is 0.0219. The number of carbonyl (C=O) groups is 1. The Labute approximate surface area is 209 Å². The van der Waals surface area contributed by atoms with E-state index in [4.69, 9.17) is 0 Å². The van der Waals surface area contributed by atoms with Crippen molar-refractivity contribution in [3.05, 3.63) is 107 Å². The molecule has 0 aliphatic carbocycles. The first-order valence-electron chi connectivity index (χ1n) is 12.1. The van der Waals surface area contributed by atoms with Gasteiger partial charge in [0.25, 0.3) is 5.56 Å². The van der Waals surface area contributed by atoms with Crippen LogP contribution in [-0.2, 0) is 11.3 Å². The molecule has 0 aliphatic rings. The van der Waals surface area contributed by atoms with E-state index in [0.717, 1.165) is 27.7 Å². The number of nitrogens with zero attached hydrogens (tertiary/aromatic N) is 3. The highest BCUT2D eigenvalue weighted by molar-refractivity contribution is 5.84. The monoisotopic (exact) mass is 479 g/mol. The van der Waals surface area contributed by atoms with Gasteiger partial charge in [0.15, 0.2) is 0 Å². The Morgan fingerprint density at radius 1 is 1.00 bits per heavy atom. The predicted octanol–water partition coefficient (Wildman–Crippen LogP) is 4.28. The lowest BCUT2D eigenvalue weighted by molar-refractivity contribution is -0.121. The number of hydrogen-bond donors (Lipinski definition) is 2. The molecule has 0 saturated heterocycles. The van der Waals surface area contributed by atoms with Crippen LogP contribution in [0.5, 0.6) is 0 Å². The van der Waals surface area contributed by atoms with Gasteiger partial charge in [0, 0.05) is 62.3 Å². The van der Waals surface area contributed by atoms with Crippen LogP contribution in [0.15, 0.2) is 90.1 Å². The number of aryl methyl sites for hydroxylation is 1. The number of para-hydroxylation sites is 2. The molecule has 1 amide bonds. The summed E-state index contributed by atoms with van der Waals surface area (Å²) in [7, 11) is 4.03. The number of amides is 1. The first kappa shape index (κ1) is 23.4. The van der Waals surface area contributed by atoms with E-state index in [9.17, 15) is 9.59 Å². The highest BCUT2D eigenvalue weighted by Crippen LogP contribution is 2.31. The number of H-pyrrole nitrogens is 1. The third-order valence-corrected chi connectivity index (χ3v) is 6.62. The zero-order valence-corrected chi connectivity index (χ0v) is 20.4. The molecule has 2 aromatic heterocycles. The van der Waals surface area contributed by atoms with Crippen molar-refractivity contribution in [1.29, 1.82) is 0 Å². The highest BCUT2D eigenvalue weighted by Gasteiger charge is 2.19. The Balaban J connectivity index is 1.33. The molecule has 2 N–H and O–H groups in total. The average Bonchev–Trinajstić information content (AvgIpc) is 3.33. The molecule has 1 unspecified atom stereocenters. The Morgan fingerprint density at radius 3 is 2.50 bits per heavy atom. The van der Waals surface area contributed by atoms with Crippen LogP contribution in [0.3, 0.4) is 0 Å². The average molecular weight is 480 g/mol. The lowest BCUT2D eigenvalue weighted by Gasteiger charge is -2.20. The number of aromatic nitrogens is 3. The number of anilines is 1. The summed E-state index contributed by atoms with van der Waals surface area (Å²) >= 11 is 0. The molecule has 0 spiro atoms. The van der Waals surface area contributed by atoms with E-state index < -0.39 is 0 Å². The zero-order chi connectivity index (χ0) is 25.1. The van der Waals surface area contributed by atoms with Crippen LogP contribution in [0.2, 0.25) is 0 Å². The van der Waals surface area contributed by atoms with Gasteiger partial charge in [0.1, 0.15) is 0 Å². The van der Waals surface area contributed by atoms with Crippen molar-refractivity contribution in [3.63, 3.8) is 0 Å². The Morgan fingerprint density at radius 2 is 1.72 bits per heavy atom. The second kappa shape index (κ2) is 10.1. The predicted molar refractivity (Wildman–Crippen MR) is 145 cm³/mol. The Hall–Kier alpha value is -4.39. The summed E-state index contributed by atoms with van der Waals surface area (Å²) in [5.74, 6) is -0.129. The number of carbonyl (C=O) groups excluding carboxylic acids is 1. The quantitative estimate of drug-likeness (QED) is 0.348. The van der Waals surface area contributed by atoms with E-state index in [2.05, 4.69) is 56.6 Å². The summed E-state index contributed by atoms with van der Waals surface area (Å²) in [4.78, 5) is 35.3. The summed E-state index contributed by atoms with van der Waals surface area (Å²) in [6.45, 7) is 0.727. The third-order valence-electron chi connectivity index (χ3n) is 6.62. The Bertz CT molecular complexity index is 1570. The highest BCUT2D eigenvalue weighted by atomic mass is 16.1. The van der Waals surface area contributed by atoms with E-state index in [-0.39, 0.29) is 30.3 Å². The maximum atomic E-state index is 12.8. The number of nitrogens with one attached hydrogen (secondary N) is 2. The molecule has 0 bridgehead atoms. The van der Waals surface area contributed by atoms with Crippen LogP contribution in [0.25, 0.3) is 21.8 Å². The molecule has 36 heavy (non-hydrogen) atoms. The molecule has 0 saturated carbocycles. The van der Waals surface area contributed by atoms with E-state index in [0.29, 0.717) is 17.4 Å². The van der Waals surface area contributed by atoms with Gasteiger partial charge in [-0.1, -0.05) is 42.5 Å². The molecule has 2 heterocycles. The number of rotatable bonds is 8. The molecule has 7 nitrogen and oxygen atoms in total. The van der Waals surface area contributed by atoms with E-state index >= 15 is 0 Å². The standard InChI is InChI=1S/C29H29N5O2/c1-33(2)21-13-11-20(12-14-21)24(25-18-30-26-9-5-3-7-22(25)26)17-31-28(35)15-16-34-19-32-27-10-6-4-8-23(27)29(34)36/h3-14,18-19,24,30H,15-17H2,1-2H3,(H,31,35). The smallest absolute Gasteiger partial charge is 0.261 e. The number of benzene rings is 3. The first-order chi connectivity index (χ1) is 17.5. The molecule has 5 aromatic rings. The molecule has 3 aromatic carbocycles. The van der Waals surface area contributed by atoms with E-state index in [1.165, 1.54) is 10.9 Å². The minimum Gasteiger partial charge on any atom is -0.378 e. The van der Waals surface area contributed by atoms with Crippen LogP contribution >= 0.6 is 0 Å². The normalized spacial score (nSPS) is 12.1. The lowest BCUT2D eigenvalue weighted by Crippen LogP contribution is -2.31. The zero-order valence-electron chi connectivity index (χ0n) is 20.4. The van der Waals surface area contributed by atoms with Gasteiger partial charge in [-0.2, -0.15) is 0 Å². The number of fused-ring (bicyclic) bond motifs is 2. The molecule has 7 heteroatoms. The lowest BCUT2D eigenvalue weighted by atomic mass is 9.90. The summed E-state index contributed by atoms with van der Waals surface area (Å²) in [5, 5.41) is 4.80. The van der Waals surface area contributed by atoms with Crippen LogP contribution in [0, 0.1) is 0 Å². The van der Waals surface area contributed by atoms with E-state index in [1.54, 1.807) is 6.07 Å². The van der Waals surface area contributed by atoms with Gasteiger partial charge in [-0.15, -0.1) is 0 Å². The van der Waals surface area contributed by atoms with Gasteiger partial charge < -0.3 is 15.2 Å². The molecular weight excluding hydrogens is 450 g/mol. The molecule has 0 fully saturated rings. The van der Waals surface area contributed by atoms with Crippen LogP contribution < -0.4 is 15.8 Å². The number of hydrogen-bond acceptors (Lipinski definition) is 4. The summed E-state index contributed by atoms with van der Waals surface area (Å²) in [5.41, 5.74) is 4.97. The SMILES string of the molecule is CN(C)c1ccc(C(CNC(=O)CCn2cnc3ccccc3c2=O)c2c[nH]c3ccccc23)cc1. The largest absolute Gasteiger partial charge is 0.378 e. The summed E-state index contributed by atoms with van der Waals surface area (Å²) in [6, 6.07) is 23.9. The maximum Gasteiger partial charge on any atom is 0.261 e. The molecule has 0 aliphatic heterocycles.